The molecular formula is C10H16N2O3S. The molecule has 1 atom stereocenters. The number of methoxy groups -OCH3 is 1. The predicted molar refractivity (Wildman–Crippen MR) is 61.5 cm³/mol. The van der Waals surface area contributed by atoms with Gasteiger partial charge in [-0.25, -0.2) is 9.78 Å². The number of aryl methyl sites for hydroxylation is 1. The molecule has 0 aliphatic carbocycles. The van der Waals surface area contributed by atoms with Crippen molar-refractivity contribution in [1.82, 2.24) is 4.98 Å². The number of aromatic nitrogens is 1. The van der Waals surface area contributed by atoms with E-state index in [-0.39, 0.29) is 12.1 Å². The molecule has 1 heterocycles. The molecular weight excluding hydrogens is 228 g/mol. The lowest BCUT2D eigenvalue weighted by molar-refractivity contribution is 0.0124. The normalized spacial score (nSPS) is 12.5. The van der Waals surface area contributed by atoms with Crippen LogP contribution in [0.25, 0.3) is 0 Å². The van der Waals surface area contributed by atoms with E-state index < -0.39 is 0 Å². The highest BCUT2D eigenvalue weighted by molar-refractivity contribution is 7.13. The lowest BCUT2D eigenvalue weighted by Crippen LogP contribution is -2.19. The first-order valence-electron chi connectivity index (χ1n) is 4.94. The summed E-state index contributed by atoms with van der Waals surface area (Å²) in [5.74, 6) is -0.362. The van der Waals surface area contributed by atoms with E-state index in [1.807, 2.05) is 0 Å². The summed E-state index contributed by atoms with van der Waals surface area (Å²) < 4.78 is 10.1. The van der Waals surface area contributed by atoms with Crippen molar-refractivity contribution in [2.45, 2.75) is 26.5 Å². The molecule has 0 saturated carbocycles. The second kappa shape index (κ2) is 5.93. The van der Waals surface area contributed by atoms with E-state index in [4.69, 9.17) is 15.2 Å². The molecule has 6 heteroatoms. The Kier molecular flexibility index (Phi) is 4.85. The molecule has 90 valence electrons. The van der Waals surface area contributed by atoms with Crippen molar-refractivity contribution < 1.29 is 14.3 Å². The van der Waals surface area contributed by atoms with Crippen molar-refractivity contribution in [3.05, 3.63) is 15.6 Å². The minimum absolute atomic E-state index is 0.264. The van der Waals surface area contributed by atoms with Crippen LogP contribution in [0.15, 0.2) is 0 Å². The van der Waals surface area contributed by atoms with Crippen molar-refractivity contribution in [2.75, 3.05) is 13.7 Å². The molecule has 1 aromatic rings. The first kappa shape index (κ1) is 13.1. The van der Waals surface area contributed by atoms with Gasteiger partial charge in [0.1, 0.15) is 16.0 Å². The molecule has 0 spiro atoms. The van der Waals surface area contributed by atoms with E-state index in [1.54, 1.807) is 21.0 Å². The fraction of sp³-hybridized carbons (Fsp3) is 0.600. The Morgan fingerprint density at radius 3 is 2.81 bits per heavy atom. The minimum atomic E-state index is -0.362. The molecule has 1 aromatic heterocycles. The number of carbonyl (C=O) groups excluding carboxylic acids is 1. The van der Waals surface area contributed by atoms with Gasteiger partial charge in [-0.3, -0.25) is 0 Å². The highest BCUT2D eigenvalue weighted by atomic mass is 32.1. The number of rotatable bonds is 5. The van der Waals surface area contributed by atoms with Crippen LogP contribution in [0, 0.1) is 6.92 Å². The molecule has 16 heavy (non-hydrogen) atoms. The van der Waals surface area contributed by atoms with Crippen LogP contribution in [0.4, 0.5) is 0 Å². The zero-order valence-electron chi connectivity index (χ0n) is 9.65. The van der Waals surface area contributed by atoms with Crippen molar-refractivity contribution in [1.29, 1.82) is 0 Å². The second-order valence-corrected chi connectivity index (χ2v) is 4.48. The van der Waals surface area contributed by atoms with Crippen molar-refractivity contribution in [3.63, 3.8) is 0 Å². The fourth-order valence-electron chi connectivity index (χ4n) is 1.23. The Labute approximate surface area is 98.6 Å². The van der Waals surface area contributed by atoms with Crippen molar-refractivity contribution >= 4 is 17.3 Å². The van der Waals surface area contributed by atoms with E-state index >= 15 is 0 Å². The van der Waals surface area contributed by atoms with Gasteiger partial charge >= 0.3 is 5.97 Å². The van der Waals surface area contributed by atoms with Gasteiger partial charge in [0.25, 0.3) is 0 Å². The van der Waals surface area contributed by atoms with Gasteiger partial charge in [-0.1, -0.05) is 0 Å². The van der Waals surface area contributed by atoms with Gasteiger partial charge in [0.15, 0.2) is 0 Å². The fourth-order valence-corrected chi connectivity index (χ4v) is 2.06. The maximum absolute atomic E-state index is 11.7. The van der Waals surface area contributed by atoms with Gasteiger partial charge in [-0.15, -0.1) is 11.3 Å². The van der Waals surface area contributed by atoms with E-state index in [9.17, 15) is 4.79 Å². The average Bonchev–Trinajstić information content (AvgIpc) is 2.60. The third-order valence-electron chi connectivity index (χ3n) is 1.91. The Balaban J connectivity index is 2.68. The maximum Gasteiger partial charge on any atom is 0.350 e. The number of hydrogen-bond donors (Lipinski definition) is 1. The third-order valence-corrected chi connectivity index (χ3v) is 3.07. The highest BCUT2D eigenvalue weighted by Gasteiger charge is 2.18. The van der Waals surface area contributed by atoms with Crippen molar-refractivity contribution in [3.8, 4) is 0 Å². The summed E-state index contributed by atoms with van der Waals surface area (Å²) in [5.41, 5.74) is 6.12. The SMILES string of the molecule is COCC(C)OC(=O)c1sc(CN)nc1C. The number of nitrogens with two attached hydrogens (primary N) is 1. The molecule has 0 fully saturated rings. The molecule has 2 N–H and O–H groups in total. The number of hydrogen-bond acceptors (Lipinski definition) is 6. The Hall–Kier alpha value is -0.980. The topological polar surface area (TPSA) is 74.4 Å². The summed E-state index contributed by atoms with van der Waals surface area (Å²) in [6.07, 6.45) is -0.264. The first-order valence-corrected chi connectivity index (χ1v) is 5.76. The van der Waals surface area contributed by atoms with E-state index in [0.717, 1.165) is 5.01 Å². The zero-order chi connectivity index (χ0) is 12.1. The van der Waals surface area contributed by atoms with Crippen LogP contribution in [-0.2, 0) is 16.0 Å². The molecule has 0 aliphatic rings. The number of esters is 1. The van der Waals surface area contributed by atoms with Crippen LogP contribution in [0.3, 0.4) is 0 Å². The summed E-state index contributed by atoms with van der Waals surface area (Å²) in [6, 6.07) is 0. The van der Waals surface area contributed by atoms with Gasteiger partial charge in [-0.05, 0) is 13.8 Å². The Morgan fingerprint density at radius 1 is 1.62 bits per heavy atom. The van der Waals surface area contributed by atoms with Crippen LogP contribution in [0.5, 0.6) is 0 Å². The molecule has 1 rings (SSSR count). The minimum Gasteiger partial charge on any atom is -0.456 e. The summed E-state index contributed by atoms with van der Waals surface area (Å²) in [7, 11) is 1.56. The van der Waals surface area contributed by atoms with Crippen LogP contribution < -0.4 is 5.73 Å². The number of ether oxygens (including phenoxy) is 2. The summed E-state index contributed by atoms with van der Waals surface area (Å²) >= 11 is 1.28. The molecule has 5 nitrogen and oxygen atoms in total. The summed E-state index contributed by atoms with van der Waals surface area (Å²) in [4.78, 5) is 16.4. The first-order chi connectivity index (χ1) is 7.58. The molecule has 0 saturated heterocycles. The van der Waals surface area contributed by atoms with Gasteiger partial charge in [0.2, 0.25) is 0 Å². The smallest absolute Gasteiger partial charge is 0.350 e. The van der Waals surface area contributed by atoms with Gasteiger partial charge in [0.05, 0.1) is 12.3 Å². The monoisotopic (exact) mass is 244 g/mol. The van der Waals surface area contributed by atoms with Crippen LogP contribution in [-0.4, -0.2) is 30.8 Å². The maximum atomic E-state index is 11.7. The number of carbonyl (C=O) groups is 1. The molecule has 0 bridgehead atoms. The predicted octanol–water partition coefficient (Wildman–Crippen LogP) is 1.10. The van der Waals surface area contributed by atoms with Gasteiger partial charge in [-0.2, -0.15) is 0 Å². The molecule has 0 amide bonds. The zero-order valence-corrected chi connectivity index (χ0v) is 10.5. The molecule has 0 aromatic carbocycles. The number of thiazole rings is 1. The summed E-state index contributed by atoms with van der Waals surface area (Å²) in [5, 5.41) is 0.740. The van der Waals surface area contributed by atoms with Crippen LogP contribution in [0.2, 0.25) is 0 Å². The van der Waals surface area contributed by atoms with E-state index in [1.165, 1.54) is 11.3 Å². The largest absolute Gasteiger partial charge is 0.456 e. The average molecular weight is 244 g/mol. The quantitative estimate of drug-likeness (QED) is 0.785. The van der Waals surface area contributed by atoms with E-state index in [2.05, 4.69) is 4.98 Å². The van der Waals surface area contributed by atoms with Crippen LogP contribution >= 0.6 is 11.3 Å². The van der Waals surface area contributed by atoms with Gasteiger partial charge in [0, 0.05) is 13.7 Å². The third kappa shape index (κ3) is 3.26. The molecule has 1 unspecified atom stereocenters. The van der Waals surface area contributed by atoms with Crippen LogP contribution in [0.1, 0.15) is 27.3 Å². The molecule has 0 aliphatic heterocycles. The van der Waals surface area contributed by atoms with E-state index in [0.29, 0.717) is 23.7 Å². The lowest BCUT2D eigenvalue weighted by atomic mass is 10.4. The van der Waals surface area contributed by atoms with Gasteiger partial charge < -0.3 is 15.2 Å². The Bertz CT molecular complexity index is 365. The lowest BCUT2D eigenvalue weighted by Gasteiger charge is -2.11. The second-order valence-electron chi connectivity index (χ2n) is 3.40. The Morgan fingerprint density at radius 2 is 2.31 bits per heavy atom. The molecule has 0 radical (unpaired) electrons. The summed E-state index contributed by atoms with van der Waals surface area (Å²) in [6.45, 7) is 4.27. The highest BCUT2D eigenvalue weighted by Crippen LogP contribution is 2.19. The number of nitrogens with zero attached hydrogens (tertiary/aromatic N) is 1. The standard InChI is InChI=1S/C10H16N2O3S/c1-6(5-14-3)15-10(13)9-7(2)12-8(4-11)16-9/h6H,4-5,11H2,1-3H3. The van der Waals surface area contributed by atoms with Crippen molar-refractivity contribution in [2.24, 2.45) is 5.73 Å².